The average molecular weight is 350 g/mol. The van der Waals surface area contributed by atoms with Gasteiger partial charge in [0.1, 0.15) is 0 Å². The van der Waals surface area contributed by atoms with Gasteiger partial charge >= 0.3 is 0 Å². The molecule has 2 aliphatic rings. The largest absolute Gasteiger partial charge is 0.376 e. The summed E-state index contributed by atoms with van der Waals surface area (Å²) in [6.07, 6.45) is 2.28. The molecule has 0 spiro atoms. The van der Waals surface area contributed by atoms with Crippen LogP contribution in [0.4, 0.5) is 0 Å². The third kappa shape index (κ3) is 3.03. The monoisotopic (exact) mass is 350 g/mol. The maximum atomic E-state index is 13.5. The summed E-state index contributed by atoms with van der Waals surface area (Å²) < 4.78 is 19.2. The summed E-state index contributed by atoms with van der Waals surface area (Å²) >= 11 is 0. The van der Waals surface area contributed by atoms with Crippen LogP contribution < -0.4 is 0 Å². The van der Waals surface area contributed by atoms with E-state index < -0.39 is 10.8 Å². The van der Waals surface area contributed by atoms with Crippen LogP contribution in [0.15, 0.2) is 81.6 Å². The highest BCUT2D eigenvalue weighted by atomic mass is 32.2. The summed E-state index contributed by atoms with van der Waals surface area (Å²) in [5.41, 5.74) is 4.91. The Morgan fingerprint density at radius 1 is 1.00 bits per heavy atom. The second kappa shape index (κ2) is 6.74. The predicted molar refractivity (Wildman–Crippen MR) is 102 cm³/mol. The fraction of sp³-hybridized carbons (Fsp3) is 0.273. The van der Waals surface area contributed by atoms with E-state index in [0.717, 1.165) is 9.80 Å². The molecule has 2 nitrogen and oxygen atoms in total. The SMILES string of the molecule is CC1=C([S@@](=O)c2ccc(C)cc2)[C@H](c2ccccc2)C=C2COC[C@@H]21. The molecule has 25 heavy (non-hydrogen) atoms. The van der Waals surface area contributed by atoms with Crippen LogP contribution in [0.2, 0.25) is 0 Å². The van der Waals surface area contributed by atoms with Gasteiger partial charge in [-0.1, -0.05) is 59.7 Å². The summed E-state index contributed by atoms with van der Waals surface area (Å²) in [5, 5.41) is 0. The number of fused-ring (bicyclic) bond motifs is 1. The Hall–Kier alpha value is -1.97. The number of hydrogen-bond donors (Lipinski definition) is 0. The topological polar surface area (TPSA) is 26.3 Å². The van der Waals surface area contributed by atoms with E-state index in [1.807, 2.05) is 42.5 Å². The zero-order valence-electron chi connectivity index (χ0n) is 14.6. The van der Waals surface area contributed by atoms with Gasteiger partial charge in [0.15, 0.2) is 0 Å². The van der Waals surface area contributed by atoms with E-state index in [-0.39, 0.29) is 11.8 Å². The van der Waals surface area contributed by atoms with Crippen LogP contribution in [-0.2, 0) is 15.5 Å². The second-order valence-corrected chi connectivity index (χ2v) is 8.28. The number of aryl methyl sites for hydroxylation is 1. The van der Waals surface area contributed by atoms with Crippen molar-refractivity contribution in [1.29, 1.82) is 0 Å². The van der Waals surface area contributed by atoms with Crippen LogP contribution in [0.3, 0.4) is 0 Å². The van der Waals surface area contributed by atoms with E-state index in [9.17, 15) is 4.21 Å². The number of benzene rings is 2. The van der Waals surface area contributed by atoms with Crippen molar-refractivity contribution in [2.45, 2.75) is 24.7 Å². The Labute approximate surface area is 151 Å². The average Bonchev–Trinajstić information content (AvgIpc) is 3.11. The Morgan fingerprint density at radius 3 is 2.44 bits per heavy atom. The van der Waals surface area contributed by atoms with E-state index in [1.165, 1.54) is 22.3 Å². The van der Waals surface area contributed by atoms with Crippen molar-refractivity contribution in [3.63, 3.8) is 0 Å². The normalized spacial score (nSPS) is 24.0. The molecular weight excluding hydrogens is 328 g/mol. The number of hydrogen-bond acceptors (Lipinski definition) is 2. The van der Waals surface area contributed by atoms with Gasteiger partial charge in [0.2, 0.25) is 0 Å². The van der Waals surface area contributed by atoms with Crippen molar-refractivity contribution >= 4 is 10.8 Å². The molecule has 1 fully saturated rings. The summed E-state index contributed by atoms with van der Waals surface area (Å²) in [5.74, 6) is 0.334. The molecule has 1 aliphatic carbocycles. The third-order valence-electron chi connectivity index (χ3n) is 5.17. The van der Waals surface area contributed by atoms with Gasteiger partial charge in [-0.15, -0.1) is 0 Å². The molecule has 1 saturated heterocycles. The Bertz CT molecular complexity index is 863. The van der Waals surface area contributed by atoms with Crippen LogP contribution in [0.5, 0.6) is 0 Å². The van der Waals surface area contributed by atoms with Crippen molar-refractivity contribution in [3.05, 3.63) is 87.9 Å². The molecule has 2 aromatic rings. The fourth-order valence-electron chi connectivity index (χ4n) is 3.73. The molecule has 4 rings (SSSR count). The van der Waals surface area contributed by atoms with Gasteiger partial charge in [-0.05, 0) is 37.1 Å². The molecule has 0 aromatic heterocycles. The first-order valence-electron chi connectivity index (χ1n) is 8.67. The minimum Gasteiger partial charge on any atom is -0.376 e. The van der Waals surface area contributed by atoms with Gasteiger partial charge in [-0.3, -0.25) is 0 Å². The molecule has 3 heteroatoms. The minimum atomic E-state index is -1.17. The zero-order valence-corrected chi connectivity index (χ0v) is 15.4. The first-order chi connectivity index (χ1) is 12.1. The smallest absolute Gasteiger partial charge is 0.0817 e. The van der Waals surface area contributed by atoms with Crippen LogP contribution in [0.25, 0.3) is 0 Å². The van der Waals surface area contributed by atoms with Gasteiger partial charge in [0.05, 0.1) is 24.0 Å². The first-order valence-corrected chi connectivity index (χ1v) is 9.82. The van der Waals surface area contributed by atoms with Gasteiger partial charge in [-0.2, -0.15) is 0 Å². The fourth-order valence-corrected chi connectivity index (χ4v) is 5.24. The van der Waals surface area contributed by atoms with Crippen molar-refractivity contribution in [2.75, 3.05) is 13.2 Å². The molecule has 1 aliphatic heterocycles. The lowest BCUT2D eigenvalue weighted by atomic mass is 9.82. The quantitative estimate of drug-likeness (QED) is 0.747. The minimum absolute atomic E-state index is 0.0521. The van der Waals surface area contributed by atoms with Crippen LogP contribution >= 0.6 is 0 Å². The van der Waals surface area contributed by atoms with E-state index in [1.54, 1.807) is 0 Å². The number of ether oxygens (including phenoxy) is 1. The van der Waals surface area contributed by atoms with Gasteiger partial charge in [-0.25, -0.2) is 4.21 Å². The molecule has 0 unspecified atom stereocenters. The molecular formula is C22H22O2S. The summed E-state index contributed by atoms with van der Waals surface area (Å²) in [6, 6.07) is 18.4. The molecule has 128 valence electrons. The van der Waals surface area contributed by atoms with Crippen molar-refractivity contribution in [3.8, 4) is 0 Å². The molecule has 3 atom stereocenters. The van der Waals surface area contributed by atoms with Crippen LogP contribution in [0.1, 0.15) is 24.0 Å². The first kappa shape index (κ1) is 16.5. The highest BCUT2D eigenvalue weighted by Crippen LogP contribution is 2.44. The van der Waals surface area contributed by atoms with E-state index in [2.05, 4.69) is 32.1 Å². The summed E-state index contributed by atoms with van der Waals surface area (Å²) in [4.78, 5) is 1.89. The highest BCUT2D eigenvalue weighted by Gasteiger charge is 2.35. The predicted octanol–water partition coefficient (Wildman–Crippen LogP) is 4.75. The standard InChI is InChI=1S/C22H22O2S/c1-15-8-10-19(11-9-15)25(23)22-16(2)21-14-24-13-18(21)12-20(22)17-6-4-3-5-7-17/h3-12,20-21H,13-14H2,1-2H3/t20-,21+,25-/m0/s1. The maximum absolute atomic E-state index is 13.5. The van der Waals surface area contributed by atoms with Crippen molar-refractivity contribution in [2.24, 2.45) is 5.92 Å². The zero-order chi connectivity index (χ0) is 17.4. The number of rotatable bonds is 3. The lowest BCUT2D eigenvalue weighted by Crippen LogP contribution is -2.19. The Balaban J connectivity index is 1.82. The summed E-state index contributed by atoms with van der Waals surface area (Å²) in [6.45, 7) is 5.57. The summed E-state index contributed by atoms with van der Waals surface area (Å²) in [7, 11) is -1.17. The molecule has 0 radical (unpaired) electrons. The molecule has 0 N–H and O–H groups in total. The van der Waals surface area contributed by atoms with E-state index in [0.29, 0.717) is 13.2 Å². The lowest BCUT2D eigenvalue weighted by Gasteiger charge is -2.28. The highest BCUT2D eigenvalue weighted by molar-refractivity contribution is 7.89. The molecule has 0 saturated carbocycles. The maximum Gasteiger partial charge on any atom is 0.0817 e. The lowest BCUT2D eigenvalue weighted by molar-refractivity contribution is 0.194. The number of allylic oxidation sites excluding steroid dienone is 2. The van der Waals surface area contributed by atoms with Crippen LogP contribution in [-0.4, -0.2) is 17.4 Å². The van der Waals surface area contributed by atoms with Gasteiger partial charge in [0.25, 0.3) is 0 Å². The molecule has 2 aromatic carbocycles. The Kier molecular flexibility index (Phi) is 4.45. The Morgan fingerprint density at radius 2 is 1.72 bits per heavy atom. The molecule has 0 bridgehead atoms. The van der Waals surface area contributed by atoms with Crippen LogP contribution in [0, 0.1) is 12.8 Å². The van der Waals surface area contributed by atoms with Gasteiger partial charge < -0.3 is 4.74 Å². The van der Waals surface area contributed by atoms with Crippen molar-refractivity contribution < 1.29 is 8.95 Å². The third-order valence-corrected chi connectivity index (χ3v) is 6.84. The molecule has 0 amide bonds. The van der Waals surface area contributed by atoms with E-state index in [4.69, 9.17) is 4.74 Å². The second-order valence-electron chi connectivity index (χ2n) is 6.83. The van der Waals surface area contributed by atoms with E-state index >= 15 is 0 Å². The van der Waals surface area contributed by atoms with Crippen molar-refractivity contribution in [1.82, 2.24) is 0 Å². The van der Waals surface area contributed by atoms with Gasteiger partial charge in [0, 0.05) is 21.6 Å². The molecule has 1 heterocycles.